The predicted octanol–water partition coefficient (Wildman–Crippen LogP) is 1.88. The molecule has 0 aromatic heterocycles. The Hall–Kier alpha value is -2.45. The minimum absolute atomic E-state index is 0.241. The zero-order chi connectivity index (χ0) is 17.4. The van der Waals surface area contributed by atoms with Crippen molar-refractivity contribution < 1.29 is 37.7 Å². The molecular weight excluding hydrogens is 319 g/mol. The molecule has 1 saturated heterocycles. The van der Waals surface area contributed by atoms with Gasteiger partial charge in [0, 0.05) is 13.1 Å². The van der Waals surface area contributed by atoms with E-state index in [0.717, 1.165) is 4.90 Å². The third kappa shape index (κ3) is 2.78. The van der Waals surface area contributed by atoms with Crippen molar-refractivity contribution in [3.63, 3.8) is 0 Å². The van der Waals surface area contributed by atoms with E-state index < -0.39 is 42.2 Å². The summed E-state index contributed by atoms with van der Waals surface area (Å²) in [7, 11) is 1.33. The van der Waals surface area contributed by atoms with Gasteiger partial charge in [-0.1, -0.05) is 0 Å². The Morgan fingerprint density at radius 3 is 2.48 bits per heavy atom. The standard InChI is InChI=1S/C14H14F3NO5/c1-23-8-2-3-10(19)9(6-8)11(20)18-5-4-13(7-18,12(21)22)14(15,16)17/h2-3,6,19H,4-5,7H2,1H3,(H,21,22). The Bertz CT molecular complexity index is 646. The average molecular weight is 333 g/mol. The van der Waals surface area contributed by atoms with Gasteiger partial charge in [-0.25, -0.2) is 0 Å². The highest BCUT2D eigenvalue weighted by Gasteiger charge is 2.64. The van der Waals surface area contributed by atoms with Crippen LogP contribution in [0.1, 0.15) is 16.8 Å². The zero-order valence-corrected chi connectivity index (χ0v) is 12.1. The molecule has 1 unspecified atom stereocenters. The highest BCUT2D eigenvalue weighted by atomic mass is 19.4. The van der Waals surface area contributed by atoms with E-state index in [0.29, 0.717) is 0 Å². The molecule has 6 nitrogen and oxygen atoms in total. The van der Waals surface area contributed by atoms with Gasteiger partial charge in [-0.15, -0.1) is 0 Å². The molecule has 0 spiro atoms. The van der Waals surface area contributed by atoms with Crippen molar-refractivity contribution in [2.75, 3.05) is 20.2 Å². The van der Waals surface area contributed by atoms with Gasteiger partial charge in [-0.2, -0.15) is 13.2 Å². The lowest BCUT2D eigenvalue weighted by Crippen LogP contribution is -2.47. The summed E-state index contributed by atoms with van der Waals surface area (Å²) in [6.45, 7) is -1.37. The molecule has 0 aliphatic carbocycles. The molecule has 23 heavy (non-hydrogen) atoms. The van der Waals surface area contributed by atoms with Crippen LogP contribution >= 0.6 is 0 Å². The van der Waals surface area contributed by atoms with Crippen molar-refractivity contribution in [3.05, 3.63) is 23.8 Å². The number of carbonyl (C=O) groups is 2. The van der Waals surface area contributed by atoms with E-state index in [1.807, 2.05) is 0 Å². The van der Waals surface area contributed by atoms with Gasteiger partial charge in [-0.3, -0.25) is 9.59 Å². The molecule has 1 aromatic carbocycles. The van der Waals surface area contributed by atoms with E-state index in [9.17, 15) is 27.9 Å². The lowest BCUT2D eigenvalue weighted by Gasteiger charge is -2.27. The number of hydrogen-bond donors (Lipinski definition) is 2. The molecule has 1 fully saturated rings. The van der Waals surface area contributed by atoms with Gasteiger partial charge < -0.3 is 19.8 Å². The number of methoxy groups -OCH3 is 1. The number of nitrogens with zero attached hydrogens (tertiary/aromatic N) is 1. The number of aliphatic carboxylic acids is 1. The van der Waals surface area contributed by atoms with Crippen LogP contribution < -0.4 is 4.74 Å². The van der Waals surface area contributed by atoms with Crippen LogP contribution in [0.25, 0.3) is 0 Å². The number of halogens is 3. The lowest BCUT2D eigenvalue weighted by molar-refractivity contribution is -0.227. The number of hydrogen-bond acceptors (Lipinski definition) is 4. The SMILES string of the molecule is COc1ccc(O)c(C(=O)N2CCC(C(=O)O)(C(F)(F)F)C2)c1. The van der Waals surface area contributed by atoms with E-state index in [-0.39, 0.29) is 17.9 Å². The van der Waals surface area contributed by atoms with E-state index in [2.05, 4.69) is 0 Å². The second-order valence-corrected chi connectivity index (χ2v) is 5.24. The highest BCUT2D eigenvalue weighted by Crippen LogP contribution is 2.46. The van der Waals surface area contributed by atoms with Gasteiger partial charge in [0.2, 0.25) is 0 Å². The number of phenolic OH excluding ortho intramolecular Hbond substituents is 1. The van der Waals surface area contributed by atoms with Gasteiger partial charge in [0.05, 0.1) is 12.7 Å². The summed E-state index contributed by atoms with van der Waals surface area (Å²) >= 11 is 0. The first-order chi connectivity index (χ1) is 10.6. The molecule has 2 rings (SSSR count). The first kappa shape index (κ1) is 16.9. The van der Waals surface area contributed by atoms with Crippen LogP contribution in [0.5, 0.6) is 11.5 Å². The third-order valence-electron chi connectivity index (χ3n) is 3.94. The Morgan fingerprint density at radius 2 is 2.00 bits per heavy atom. The van der Waals surface area contributed by atoms with Crippen LogP contribution in [-0.2, 0) is 4.79 Å². The number of alkyl halides is 3. The normalized spacial score (nSPS) is 21.3. The van der Waals surface area contributed by atoms with Gasteiger partial charge in [0.1, 0.15) is 11.5 Å². The van der Waals surface area contributed by atoms with Gasteiger partial charge in [0.25, 0.3) is 5.91 Å². The van der Waals surface area contributed by atoms with Gasteiger partial charge in [0.15, 0.2) is 5.41 Å². The molecule has 9 heteroatoms. The number of likely N-dealkylation sites (tertiary alicyclic amines) is 1. The first-order valence-corrected chi connectivity index (χ1v) is 6.59. The largest absolute Gasteiger partial charge is 0.507 e. The van der Waals surface area contributed by atoms with E-state index in [4.69, 9.17) is 9.84 Å². The van der Waals surface area contributed by atoms with Crippen LogP contribution in [0.2, 0.25) is 0 Å². The second kappa shape index (κ2) is 5.64. The molecule has 1 heterocycles. The maximum absolute atomic E-state index is 13.1. The summed E-state index contributed by atoms with van der Waals surface area (Å²) in [6.07, 6.45) is -5.72. The molecule has 1 aliphatic heterocycles. The van der Waals surface area contributed by atoms with Gasteiger partial charge in [-0.05, 0) is 24.6 Å². The van der Waals surface area contributed by atoms with E-state index in [1.54, 1.807) is 0 Å². The number of carboxylic acid groups (broad SMARTS) is 1. The third-order valence-corrected chi connectivity index (χ3v) is 3.94. The average Bonchev–Trinajstić information content (AvgIpc) is 2.93. The minimum atomic E-state index is -4.98. The number of ether oxygens (including phenoxy) is 1. The Morgan fingerprint density at radius 1 is 1.35 bits per heavy atom. The van der Waals surface area contributed by atoms with E-state index in [1.165, 1.54) is 25.3 Å². The molecule has 1 aliphatic rings. The maximum atomic E-state index is 13.1. The Labute approximate surface area is 129 Å². The topological polar surface area (TPSA) is 87.1 Å². The van der Waals surface area contributed by atoms with Crippen LogP contribution in [0.4, 0.5) is 13.2 Å². The smallest absolute Gasteiger partial charge is 0.406 e. The molecule has 126 valence electrons. The molecule has 1 amide bonds. The number of rotatable bonds is 3. The minimum Gasteiger partial charge on any atom is -0.507 e. The highest BCUT2D eigenvalue weighted by molar-refractivity contribution is 5.98. The van der Waals surface area contributed by atoms with Crippen molar-refractivity contribution in [1.82, 2.24) is 4.90 Å². The number of carbonyl (C=O) groups excluding carboxylic acids is 1. The molecule has 0 bridgehead atoms. The van der Waals surface area contributed by atoms with E-state index >= 15 is 0 Å². The fourth-order valence-corrected chi connectivity index (χ4v) is 2.49. The van der Waals surface area contributed by atoms with Crippen molar-refractivity contribution >= 4 is 11.9 Å². The monoisotopic (exact) mass is 333 g/mol. The zero-order valence-electron chi connectivity index (χ0n) is 12.1. The summed E-state index contributed by atoms with van der Waals surface area (Å²) in [5, 5.41) is 18.7. The van der Waals surface area contributed by atoms with Crippen LogP contribution in [0, 0.1) is 5.41 Å². The Kier molecular flexibility index (Phi) is 4.14. The molecule has 2 N–H and O–H groups in total. The van der Waals surface area contributed by atoms with Crippen molar-refractivity contribution in [2.24, 2.45) is 5.41 Å². The summed E-state index contributed by atoms with van der Waals surface area (Å²) < 4.78 is 44.2. The molecule has 1 atom stereocenters. The predicted molar refractivity (Wildman–Crippen MR) is 71.3 cm³/mol. The molecular formula is C14H14F3NO5. The lowest BCUT2D eigenvalue weighted by atomic mass is 9.86. The fraction of sp³-hybridized carbons (Fsp3) is 0.429. The van der Waals surface area contributed by atoms with Crippen molar-refractivity contribution in [3.8, 4) is 11.5 Å². The summed E-state index contributed by atoms with van der Waals surface area (Å²) in [4.78, 5) is 24.2. The molecule has 1 aromatic rings. The maximum Gasteiger partial charge on any atom is 0.406 e. The number of benzene rings is 1. The first-order valence-electron chi connectivity index (χ1n) is 6.59. The van der Waals surface area contributed by atoms with Gasteiger partial charge >= 0.3 is 12.1 Å². The quantitative estimate of drug-likeness (QED) is 0.882. The summed E-state index contributed by atoms with van der Waals surface area (Å²) in [6, 6.07) is 3.75. The second-order valence-electron chi connectivity index (χ2n) is 5.24. The molecule has 0 radical (unpaired) electrons. The van der Waals surface area contributed by atoms with Crippen molar-refractivity contribution in [2.45, 2.75) is 12.6 Å². The fourth-order valence-electron chi connectivity index (χ4n) is 2.49. The Balaban J connectivity index is 2.31. The van der Waals surface area contributed by atoms with Crippen LogP contribution in [0.3, 0.4) is 0 Å². The molecule has 0 saturated carbocycles. The number of carboxylic acids is 1. The number of amides is 1. The number of aromatic hydroxyl groups is 1. The summed E-state index contributed by atoms with van der Waals surface area (Å²) in [5.74, 6) is -3.08. The number of phenols is 1. The van der Waals surface area contributed by atoms with Crippen molar-refractivity contribution in [1.29, 1.82) is 0 Å². The van der Waals surface area contributed by atoms with Crippen LogP contribution in [0.15, 0.2) is 18.2 Å². The summed E-state index contributed by atoms with van der Waals surface area (Å²) in [5.41, 5.74) is -3.23. The van der Waals surface area contributed by atoms with Crippen LogP contribution in [-0.4, -0.2) is 53.4 Å².